The summed E-state index contributed by atoms with van der Waals surface area (Å²) in [6.07, 6.45) is 3.33. The molecule has 2 aromatic heterocycles. The van der Waals surface area contributed by atoms with E-state index in [0.29, 0.717) is 48.3 Å². The van der Waals surface area contributed by atoms with Crippen LogP contribution in [0.1, 0.15) is 41.3 Å². The predicted octanol–water partition coefficient (Wildman–Crippen LogP) is 3.03. The first kappa shape index (κ1) is 24.8. The maximum absolute atomic E-state index is 13.7. The second kappa shape index (κ2) is 10.3. The zero-order valence-electron chi connectivity index (χ0n) is 20.6. The number of aromatic amines is 1. The van der Waals surface area contributed by atoms with Crippen LogP contribution in [0.25, 0.3) is 0 Å². The van der Waals surface area contributed by atoms with Gasteiger partial charge in [-0.15, -0.1) is 0 Å². The number of aliphatic hydroxyl groups is 1. The molecule has 37 heavy (non-hydrogen) atoms. The first-order valence-corrected chi connectivity index (χ1v) is 12.3. The van der Waals surface area contributed by atoms with Gasteiger partial charge in [0.2, 0.25) is 0 Å². The van der Waals surface area contributed by atoms with Crippen molar-refractivity contribution in [3.05, 3.63) is 65.1 Å². The summed E-state index contributed by atoms with van der Waals surface area (Å²) in [5.74, 6) is 0.973. The van der Waals surface area contributed by atoms with E-state index < -0.39 is 11.4 Å². The first-order chi connectivity index (χ1) is 17.9. The fraction of sp³-hybridized carbons (Fsp3) is 0.385. The van der Waals surface area contributed by atoms with E-state index in [1.807, 2.05) is 6.07 Å². The van der Waals surface area contributed by atoms with Gasteiger partial charge in [0.05, 0.1) is 31.1 Å². The van der Waals surface area contributed by atoms with Crippen LogP contribution in [0.2, 0.25) is 0 Å². The lowest BCUT2D eigenvalue weighted by molar-refractivity contribution is -0.0212. The molecule has 4 N–H and O–H groups in total. The molecule has 0 bridgehead atoms. The number of amides is 1. The average molecular weight is 508 g/mol. The van der Waals surface area contributed by atoms with Gasteiger partial charge in [-0.2, -0.15) is 5.10 Å². The summed E-state index contributed by atoms with van der Waals surface area (Å²) in [5, 5.41) is 30.1. The molecule has 194 valence electrons. The molecule has 2 fully saturated rings. The number of piperidine rings is 1. The van der Waals surface area contributed by atoms with Crippen molar-refractivity contribution in [2.24, 2.45) is 0 Å². The summed E-state index contributed by atoms with van der Waals surface area (Å²) in [6, 6.07) is 9.32. The SMILES string of the molecule is C[C@@H]1COCCN1c1cc(C2(O)CCN(C(=O)c3cccc(F)c3)CC2)c(C=N)c(Nc2ccn[nH]2)n1. The summed E-state index contributed by atoms with van der Waals surface area (Å²) in [4.78, 5) is 21.5. The smallest absolute Gasteiger partial charge is 0.253 e. The molecule has 0 radical (unpaired) electrons. The van der Waals surface area contributed by atoms with Crippen LogP contribution < -0.4 is 10.2 Å². The Morgan fingerprint density at radius 1 is 1.30 bits per heavy atom. The van der Waals surface area contributed by atoms with E-state index in [4.69, 9.17) is 15.1 Å². The number of carbonyl (C=O) groups excluding carboxylic acids is 1. The number of hydrogen-bond acceptors (Lipinski definition) is 8. The summed E-state index contributed by atoms with van der Waals surface area (Å²) in [6.45, 7) is 4.41. The van der Waals surface area contributed by atoms with Crippen LogP contribution in [-0.4, -0.2) is 76.2 Å². The number of rotatable bonds is 6. The van der Waals surface area contributed by atoms with E-state index in [0.717, 1.165) is 0 Å². The van der Waals surface area contributed by atoms with Crippen molar-refractivity contribution in [3.63, 3.8) is 0 Å². The van der Waals surface area contributed by atoms with Gasteiger partial charge in [0.1, 0.15) is 23.3 Å². The quantitative estimate of drug-likeness (QED) is 0.377. The Bertz CT molecular complexity index is 1280. The molecule has 2 saturated heterocycles. The van der Waals surface area contributed by atoms with Gasteiger partial charge in [0.25, 0.3) is 5.91 Å². The van der Waals surface area contributed by atoms with Gasteiger partial charge in [-0.3, -0.25) is 9.89 Å². The van der Waals surface area contributed by atoms with Gasteiger partial charge in [-0.1, -0.05) is 6.07 Å². The Hall–Kier alpha value is -3.83. The molecule has 1 atom stereocenters. The lowest BCUT2D eigenvalue weighted by Gasteiger charge is -2.40. The second-order valence-corrected chi connectivity index (χ2v) is 9.48. The lowest BCUT2D eigenvalue weighted by Crippen LogP contribution is -2.46. The Morgan fingerprint density at radius 2 is 2.11 bits per heavy atom. The molecule has 1 amide bonds. The third-order valence-corrected chi connectivity index (χ3v) is 7.06. The van der Waals surface area contributed by atoms with E-state index in [1.54, 1.807) is 23.2 Å². The highest BCUT2D eigenvalue weighted by Crippen LogP contribution is 2.39. The van der Waals surface area contributed by atoms with Gasteiger partial charge in [-0.25, -0.2) is 9.37 Å². The molecule has 0 aliphatic carbocycles. The number of nitrogens with zero attached hydrogens (tertiary/aromatic N) is 4. The summed E-state index contributed by atoms with van der Waals surface area (Å²) in [7, 11) is 0. The number of ether oxygens (including phenoxy) is 1. The van der Waals surface area contributed by atoms with Gasteiger partial charge in [0, 0.05) is 43.0 Å². The van der Waals surface area contributed by atoms with Crippen LogP contribution in [0.4, 0.5) is 21.8 Å². The Morgan fingerprint density at radius 3 is 2.78 bits per heavy atom. The molecule has 11 heteroatoms. The van der Waals surface area contributed by atoms with Gasteiger partial charge < -0.3 is 30.4 Å². The zero-order valence-corrected chi connectivity index (χ0v) is 20.6. The molecule has 10 nitrogen and oxygen atoms in total. The van der Waals surface area contributed by atoms with Gasteiger partial charge >= 0.3 is 0 Å². The Kier molecular flexibility index (Phi) is 6.90. The topological polar surface area (TPSA) is 130 Å². The van der Waals surface area contributed by atoms with Crippen molar-refractivity contribution in [1.29, 1.82) is 5.41 Å². The highest BCUT2D eigenvalue weighted by atomic mass is 19.1. The fourth-order valence-electron chi connectivity index (χ4n) is 4.99. The number of nitrogens with one attached hydrogen (secondary N) is 3. The molecule has 1 aromatic carbocycles. The van der Waals surface area contributed by atoms with Gasteiger partial charge in [0.15, 0.2) is 0 Å². The Balaban J connectivity index is 1.47. The molecular formula is C26H30FN7O3. The number of anilines is 3. The lowest BCUT2D eigenvalue weighted by atomic mass is 9.82. The van der Waals surface area contributed by atoms with Crippen molar-refractivity contribution >= 4 is 29.6 Å². The molecule has 5 rings (SSSR count). The van der Waals surface area contributed by atoms with Crippen LogP contribution in [0.3, 0.4) is 0 Å². The average Bonchev–Trinajstić information content (AvgIpc) is 3.42. The monoisotopic (exact) mass is 507 g/mol. The second-order valence-electron chi connectivity index (χ2n) is 9.48. The third-order valence-electron chi connectivity index (χ3n) is 7.06. The first-order valence-electron chi connectivity index (χ1n) is 12.3. The fourth-order valence-corrected chi connectivity index (χ4v) is 4.99. The zero-order chi connectivity index (χ0) is 26.0. The van der Waals surface area contributed by atoms with Crippen LogP contribution in [-0.2, 0) is 10.3 Å². The van der Waals surface area contributed by atoms with E-state index >= 15 is 0 Å². The van der Waals surface area contributed by atoms with Crippen LogP contribution in [0.5, 0.6) is 0 Å². The third kappa shape index (κ3) is 5.05. The van der Waals surface area contributed by atoms with E-state index in [1.165, 1.54) is 24.4 Å². The maximum Gasteiger partial charge on any atom is 0.253 e. The van der Waals surface area contributed by atoms with Crippen molar-refractivity contribution in [1.82, 2.24) is 20.1 Å². The molecule has 2 aliphatic rings. The number of halogens is 1. The largest absolute Gasteiger partial charge is 0.385 e. The standard InChI is InChI=1S/C26H30FN7O3/c1-17-16-37-12-11-34(17)23-14-21(20(15-28)24(31-23)30-22-5-8-29-32-22)26(36)6-9-33(10-7-26)25(35)18-3-2-4-19(27)13-18/h2-5,8,13-15,17,28,36H,6-7,9-12,16H2,1H3,(H2,29,30,31,32)/t17-/m1/s1. The predicted molar refractivity (Wildman–Crippen MR) is 137 cm³/mol. The molecule has 2 aliphatic heterocycles. The molecule has 3 aromatic rings. The van der Waals surface area contributed by atoms with Crippen molar-refractivity contribution in [2.75, 3.05) is 43.1 Å². The molecule has 0 spiro atoms. The van der Waals surface area contributed by atoms with Crippen molar-refractivity contribution in [2.45, 2.75) is 31.4 Å². The summed E-state index contributed by atoms with van der Waals surface area (Å²) in [5.41, 5.74) is 0.0327. The summed E-state index contributed by atoms with van der Waals surface area (Å²) < 4.78 is 19.2. The number of benzene rings is 1. The maximum atomic E-state index is 13.7. The highest BCUT2D eigenvalue weighted by Gasteiger charge is 2.39. The van der Waals surface area contributed by atoms with Gasteiger partial charge in [-0.05, 0) is 49.6 Å². The summed E-state index contributed by atoms with van der Waals surface area (Å²) >= 11 is 0. The van der Waals surface area contributed by atoms with E-state index in [9.17, 15) is 14.3 Å². The van der Waals surface area contributed by atoms with Crippen LogP contribution in [0.15, 0.2) is 42.6 Å². The number of aromatic nitrogens is 3. The number of likely N-dealkylation sites (tertiary alicyclic amines) is 1. The molecular weight excluding hydrogens is 477 g/mol. The molecule has 4 heterocycles. The minimum absolute atomic E-state index is 0.0836. The van der Waals surface area contributed by atoms with E-state index in [2.05, 4.69) is 27.3 Å². The number of hydrogen-bond donors (Lipinski definition) is 4. The van der Waals surface area contributed by atoms with Crippen molar-refractivity contribution in [3.8, 4) is 0 Å². The molecule has 0 saturated carbocycles. The van der Waals surface area contributed by atoms with Crippen molar-refractivity contribution < 1.29 is 19.0 Å². The number of H-pyrrole nitrogens is 1. The Labute approximate surface area is 214 Å². The number of morpholine rings is 1. The number of carbonyl (C=O) groups is 1. The minimum Gasteiger partial charge on any atom is -0.385 e. The minimum atomic E-state index is -1.29. The molecule has 0 unspecified atom stereocenters. The normalized spacial score (nSPS) is 19.5. The van der Waals surface area contributed by atoms with Crippen LogP contribution in [0, 0.1) is 11.2 Å². The number of pyridine rings is 1. The highest BCUT2D eigenvalue weighted by molar-refractivity contribution is 5.94. The van der Waals surface area contributed by atoms with Crippen LogP contribution >= 0.6 is 0 Å². The van der Waals surface area contributed by atoms with E-state index in [-0.39, 0.29) is 43.4 Å².